The number of nitrogens with zero attached hydrogens (tertiary/aromatic N) is 5. The van der Waals surface area contributed by atoms with Crippen LogP contribution in [0.15, 0.2) is 47.2 Å². The van der Waals surface area contributed by atoms with Crippen molar-refractivity contribution in [3.8, 4) is 11.5 Å². The van der Waals surface area contributed by atoms with Crippen LogP contribution in [-0.4, -0.2) is 47.8 Å². The van der Waals surface area contributed by atoms with Crippen LogP contribution in [0.1, 0.15) is 50.1 Å². The molecule has 1 N–H and O–H groups in total. The zero-order valence-corrected chi connectivity index (χ0v) is 20.9. The molecule has 9 heteroatoms. The molecule has 0 saturated carbocycles. The highest BCUT2D eigenvalue weighted by Crippen LogP contribution is 2.32. The SMILES string of the molecule is Cn1nc(-c2ccco2)cc1Cn1c2c(c3cccnc31)CCN(C(=O)CCCC(C)(C)C(=O)O)C2. The molecule has 0 aliphatic carbocycles. The summed E-state index contributed by atoms with van der Waals surface area (Å²) in [4.78, 5) is 31.0. The van der Waals surface area contributed by atoms with Gasteiger partial charge in [0.25, 0.3) is 0 Å². The molecule has 9 nitrogen and oxygen atoms in total. The molecule has 4 aromatic rings. The Labute approximate surface area is 209 Å². The maximum atomic E-state index is 13.1. The summed E-state index contributed by atoms with van der Waals surface area (Å²) < 4.78 is 9.57. The minimum absolute atomic E-state index is 0.0623. The number of hydrogen-bond acceptors (Lipinski definition) is 5. The number of fused-ring (bicyclic) bond motifs is 3. The van der Waals surface area contributed by atoms with E-state index < -0.39 is 11.4 Å². The number of hydrogen-bond donors (Lipinski definition) is 1. The molecule has 1 aliphatic rings. The molecule has 0 unspecified atom stereocenters. The Balaban J connectivity index is 1.39. The highest BCUT2D eigenvalue weighted by molar-refractivity contribution is 5.84. The van der Waals surface area contributed by atoms with E-state index in [9.17, 15) is 14.7 Å². The topological polar surface area (TPSA) is 106 Å². The number of carboxylic acid groups (broad SMARTS) is 1. The Bertz CT molecular complexity index is 1410. The minimum Gasteiger partial charge on any atom is -0.481 e. The van der Waals surface area contributed by atoms with Crippen molar-refractivity contribution in [1.82, 2.24) is 24.2 Å². The number of carboxylic acids is 1. The predicted molar refractivity (Wildman–Crippen MR) is 134 cm³/mol. The monoisotopic (exact) mass is 489 g/mol. The summed E-state index contributed by atoms with van der Waals surface area (Å²) in [7, 11) is 1.92. The fourth-order valence-electron chi connectivity index (χ4n) is 4.95. The van der Waals surface area contributed by atoms with Crippen molar-refractivity contribution in [3.63, 3.8) is 0 Å². The lowest BCUT2D eigenvalue weighted by Gasteiger charge is -2.29. The van der Waals surface area contributed by atoms with E-state index in [0.717, 1.165) is 40.3 Å². The van der Waals surface area contributed by atoms with E-state index in [1.165, 1.54) is 5.56 Å². The number of carbonyl (C=O) groups excluding carboxylic acids is 1. The molecule has 1 aliphatic heterocycles. The van der Waals surface area contributed by atoms with Gasteiger partial charge in [-0.2, -0.15) is 5.10 Å². The molecule has 4 aromatic heterocycles. The van der Waals surface area contributed by atoms with Crippen LogP contribution in [-0.2, 0) is 36.1 Å². The summed E-state index contributed by atoms with van der Waals surface area (Å²) in [5, 5.41) is 15.1. The van der Waals surface area contributed by atoms with Crippen LogP contribution >= 0.6 is 0 Å². The third-order valence-electron chi connectivity index (χ3n) is 7.21. The third-order valence-corrected chi connectivity index (χ3v) is 7.21. The number of aryl methyl sites for hydroxylation is 1. The normalized spacial score (nSPS) is 13.8. The zero-order valence-electron chi connectivity index (χ0n) is 20.9. The van der Waals surface area contributed by atoms with E-state index >= 15 is 0 Å². The number of aromatic nitrogens is 4. The summed E-state index contributed by atoms with van der Waals surface area (Å²) in [5.74, 6) is -0.0515. The average molecular weight is 490 g/mol. The van der Waals surface area contributed by atoms with Crippen molar-refractivity contribution in [2.45, 2.75) is 52.6 Å². The van der Waals surface area contributed by atoms with Crippen LogP contribution in [0.5, 0.6) is 0 Å². The Morgan fingerprint density at radius 2 is 2.06 bits per heavy atom. The van der Waals surface area contributed by atoms with Gasteiger partial charge in [-0.15, -0.1) is 0 Å². The zero-order chi connectivity index (χ0) is 25.4. The number of aliphatic carboxylic acids is 1. The van der Waals surface area contributed by atoms with E-state index in [-0.39, 0.29) is 5.91 Å². The van der Waals surface area contributed by atoms with E-state index in [4.69, 9.17) is 4.42 Å². The summed E-state index contributed by atoms with van der Waals surface area (Å²) in [6.45, 7) is 5.14. The van der Waals surface area contributed by atoms with Gasteiger partial charge in [-0.3, -0.25) is 14.3 Å². The Kier molecular flexibility index (Phi) is 6.15. The van der Waals surface area contributed by atoms with E-state index in [1.807, 2.05) is 40.9 Å². The summed E-state index contributed by atoms with van der Waals surface area (Å²) in [6, 6.07) is 9.81. The molecule has 0 atom stereocenters. The van der Waals surface area contributed by atoms with Crippen molar-refractivity contribution in [2.75, 3.05) is 6.54 Å². The predicted octanol–water partition coefficient (Wildman–Crippen LogP) is 4.24. The van der Waals surface area contributed by atoms with Crippen molar-refractivity contribution in [2.24, 2.45) is 12.5 Å². The second-order valence-electron chi connectivity index (χ2n) is 10.1. The smallest absolute Gasteiger partial charge is 0.309 e. The highest BCUT2D eigenvalue weighted by Gasteiger charge is 2.29. The van der Waals surface area contributed by atoms with Crippen molar-refractivity contribution in [3.05, 3.63) is 59.7 Å². The van der Waals surface area contributed by atoms with Gasteiger partial charge in [0.15, 0.2) is 5.76 Å². The van der Waals surface area contributed by atoms with Gasteiger partial charge >= 0.3 is 5.97 Å². The van der Waals surface area contributed by atoms with Crippen LogP contribution < -0.4 is 0 Å². The van der Waals surface area contributed by atoms with Gasteiger partial charge in [0.1, 0.15) is 11.3 Å². The maximum Gasteiger partial charge on any atom is 0.309 e. The molecule has 0 radical (unpaired) electrons. The summed E-state index contributed by atoms with van der Waals surface area (Å²) in [6.07, 6.45) is 5.57. The second-order valence-corrected chi connectivity index (χ2v) is 10.1. The van der Waals surface area contributed by atoms with Gasteiger partial charge in [-0.1, -0.05) is 0 Å². The molecule has 0 bridgehead atoms. The molecule has 0 fully saturated rings. The maximum absolute atomic E-state index is 13.1. The van der Waals surface area contributed by atoms with Crippen molar-refractivity contribution in [1.29, 1.82) is 0 Å². The van der Waals surface area contributed by atoms with Gasteiger partial charge in [0.2, 0.25) is 5.91 Å². The highest BCUT2D eigenvalue weighted by atomic mass is 16.4. The molecular formula is C27H31N5O4. The fourth-order valence-corrected chi connectivity index (χ4v) is 4.95. The Hall–Kier alpha value is -3.88. The number of carbonyl (C=O) groups is 2. The lowest BCUT2D eigenvalue weighted by Crippen LogP contribution is -2.37. The van der Waals surface area contributed by atoms with E-state index in [2.05, 4.69) is 20.7 Å². The molecule has 188 valence electrons. The molecule has 0 spiro atoms. The standard InChI is InChI=1S/C27H31N5O4/c1-27(2,26(34)35)11-4-9-24(33)31-13-10-19-20-7-5-12-28-25(20)32(22(19)17-31)16-18-15-21(29-30(18)3)23-8-6-14-36-23/h5-8,12,14-15H,4,9-11,13,16-17H2,1-3H3,(H,34,35). The molecule has 5 heterocycles. The van der Waals surface area contributed by atoms with Crippen LogP contribution in [0.3, 0.4) is 0 Å². The quantitative estimate of drug-likeness (QED) is 0.397. The Morgan fingerprint density at radius 3 is 2.81 bits per heavy atom. The van der Waals surface area contributed by atoms with Crippen molar-refractivity contribution < 1.29 is 19.1 Å². The van der Waals surface area contributed by atoms with Gasteiger partial charge in [0.05, 0.1) is 30.5 Å². The Morgan fingerprint density at radius 1 is 1.22 bits per heavy atom. The second kappa shape index (κ2) is 9.29. The van der Waals surface area contributed by atoms with Gasteiger partial charge < -0.3 is 19.0 Å². The summed E-state index contributed by atoms with van der Waals surface area (Å²) in [5.41, 5.74) is 4.19. The van der Waals surface area contributed by atoms with E-state index in [1.54, 1.807) is 26.3 Å². The van der Waals surface area contributed by atoms with Crippen LogP contribution in [0.4, 0.5) is 0 Å². The first kappa shape index (κ1) is 23.8. The lowest BCUT2D eigenvalue weighted by molar-refractivity contribution is -0.147. The first-order valence-electron chi connectivity index (χ1n) is 12.3. The first-order valence-corrected chi connectivity index (χ1v) is 12.3. The van der Waals surface area contributed by atoms with Gasteiger partial charge in [-0.05, 0) is 69.0 Å². The largest absolute Gasteiger partial charge is 0.481 e. The average Bonchev–Trinajstić information content (AvgIpc) is 3.58. The molecule has 1 amide bonds. The minimum atomic E-state index is -0.833. The molecular weight excluding hydrogens is 458 g/mol. The summed E-state index contributed by atoms with van der Waals surface area (Å²) >= 11 is 0. The number of amides is 1. The molecule has 5 rings (SSSR count). The lowest BCUT2D eigenvalue weighted by atomic mass is 9.87. The first-order chi connectivity index (χ1) is 17.2. The van der Waals surface area contributed by atoms with Crippen LogP contribution in [0.25, 0.3) is 22.5 Å². The number of rotatable bonds is 8. The van der Waals surface area contributed by atoms with Crippen LogP contribution in [0.2, 0.25) is 0 Å². The third kappa shape index (κ3) is 4.41. The van der Waals surface area contributed by atoms with Crippen molar-refractivity contribution >= 4 is 22.9 Å². The van der Waals surface area contributed by atoms with Gasteiger partial charge in [-0.25, -0.2) is 4.98 Å². The molecule has 0 saturated heterocycles. The number of furan rings is 1. The van der Waals surface area contributed by atoms with Gasteiger partial charge in [0, 0.05) is 37.3 Å². The fraction of sp³-hybridized carbons (Fsp3) is 0.407. The van der Waals surface area contributed by atoms with E-state index in [0.29, 0.717) is 38.9 Å². The number of pyridine rings is 1. The molecule has 36 heavy (non-hydrogen) atoms. The molecule has 0 aromatic carbocycles. The van der Waals surface area contributed by atoms with Crippen LogP contribution in [0, 0.1) is 5.41 Å².